The van der Waals surface area contributed by atoms with Crippen LogP contribution in [0.5, 0.6) is 0 Å². The number of benzene rings is 2. The number of sulfonamides is 1. The Morgan fingerprint density at radius 1 is 1.00 bits per heavy atom. The Kier molecular flexibility index (Phi) is 6.66. The third-order valence-corrected chi connectivity index (χ3v) is 7.04. The molecule has 2 aromatic rings. The molecule has 1 heterocycles. The molecular formula is C21H25N3O4S. The van der Waals surface area contributed by atoms with Crippen LogP contribution in [0, 0.1) is 6.92 Å². The van der Waals surface area contributed by atoms with Crippen LogP contribution in [-0.4, -0.2) is 43.7 Å². The topological polar surface area (TPSA) is 95.6 Å². The van der Waals surface area contributed by atoms with Gasteiger partial charge in [-0.05, 0) is 43.0 Å². The summed E-state index contributed by atoms with van der Waals surface area (Å²) in [5.74, 6) is -1.49. The molecule has 1 saturated heterocycles. The summed E-state index contributed by atoms with van der Waals surface area (Å²) in [7, 11) is -3.63. The summed E-state index contributed by atoms with van der Waals surface area (Å²) in [5, 5.41) is 5.17. The number of carbonyl (C=O) groups is 2. The van der Waals surface area contributed by atoms with Gasteiger partial charge < -0.3 is 10.6 Å². The molecule has 2 aromatic carbocycles. The molecule has 0 spiro atoms. The molecular weight excluding hydrogens is 390 g/mol. The average molecular weight is 416 g/mol. The van der Waals surface area contributed by atoms with E-state index in [9.17, 15) is 18.0 Å². The summed E-state index contributed by atoms with van der Waals surface area (Å²) in [6, 6.07) is 15.5. The lowest BCUT2D eigenvalue weighted by molar-refractivity contribution is -0.139. The van der Waals surface area contributed by atoms with Crippen LogP contribution in [0.3, 0.4) is 0 Å². The molecule has 0 aromatic heterocycles. The molecule has 1 unspecified atom stereocenters. The highest BCUT2D eigenvalue weighted by Crippen LogP contribution is 2.25. The van der Waals surface area contributed by atoms with Crippen LogP contribution in [-0.2, 0) is 26.2 Å². The van der Waals surface area contributed by atoms with Crippen molar-refractivity contribution in [3.05, 3.63) is 65.7 Å². The van der Waals surface area contributed by atoms with Crippen LogP contribution in [0.15, 0.2) is 59.5 Å². The largest absolute Gasteiger partial charge is 0.346 e. The van der Waals surface area contributed by atoms with Gasteiger partial charge in [0, 0.05) is 25.7 Å². The zero-order chi connectivity index (χ0) is 20.9. The van der Waals surface area contributed by atoms with E-state index < -0.39 is 21.8 Å². The maximum Gasteiger partial charge on any atom is 0.309 e. The van der Waals surface area contributed by atoms with E-state index in [0.717, 1.165) is 11.1 Å². The van der Waals surface area contributed by atoms with Gasteiger partial charge in [0.1, 0.15) is 0 Å². The first kappa shape index (κ1) is 21.0. The Bertz CT molecular complexity index is 976. The molecule has 29 heavy (non-hydrogen) atoms. The minimum absolute atomic E-state index is 0.0999. The first-order valence-electron chi connectivity index (χ1n) is 9.57. The summed E-state index contributed by atoms with van der Waals surface area (Å²) in [5.41, 5.74) is 1.96. The number of amides is 2. The van der Waals surface area contributed by atoms with Gasteiger partial charge in [-0.25, -0.2) is 8.42 Å². The molecule has 2 amide bonds. The van der Waals surface area contributed by atoms with Crippen molar-refractivity contribution < 1.29 is 18.0 Å². The second-order valence-corrected chi connectivity index (χ2v) is 8.93. The summed E-state index contributed by atoms with van der Waals surface area (Å²) in [6.45, 7) is 2.69. The summed E-state index contributed by atoms with van der Waals surface area (Å²) < 4.78 is 27.1. The van der Waals surface area contributed by atoms with Gasteiger partial charge in [-0.15, -0.1) is 0 Å². The lowest BCUT2D eigenvalue weighted by Crippen LogP contribution is -2.46. The number of rotatable bonds is 6. The maximum atomic E-state index is 12.8. The van der Waals surface area contributed by atoms with E-state index in [2.05, 4.69) is 10.6 Å². The van der Waals surface area contributed by atoms with Crippen molar-refractivity contribution in [3.8, 4) is 0 Å². The standard InChI is InChI=1S/C21H25N3O4S/c1-16-8-5-6-9-17(16)14-22-20(25)21(26)23-15-18-10-7-13-24(18)29(27,28)19-11-3-2-4-12-19/h2-6,8-9,11-12,18H,7,10,13-15H2,1H3,(H,22,25)(H,23,26). The third-order valence-electron chi connectivity index (χ3n) is 5.08. The molecule has 1 atom stereocenters. The Hall–Kier alpha value is -2.71. The summed E-state index contributed by atoms with van der Waals surface area (Å²) in [6.07, 6.45) is 1.35. The van der Waals surface area contributed by atoms with Crippen molar-refractivity contribution >= 4 is 21.8 Å². The molecule has 8 heteroatoms. The zero-order valence-electron chi connectivity index (χ0n) is 16.3. The first-order valence-corrected chi connectivity index (χ1v) is 11.0. The predicted molar refractivity (Wildman–Crippen MR) is 109 cm³/mol. The van der Waals surface area contributed by atoms with Crippen LogP contribution in [0.25, 0.3) is 0 Å². The zero-order valence-corrected chi connectivity index (χ0v) is 17.1. The van der Waals surface area contributed by atoms with Gasteiger partial charge in [0.25, 0.3) is 0 Å². The van der Waals surface area contributed by atoms with Crippen LogP contribution >= 0.6 is 0 Å². The molecule has 1 aliphatic rings. The van der Waals surface area contributed by atoms with Gasteiger partial charge in [-0.2, -0.15) is 4.31 Å². The number of carbonyl (C=O) groups excluding carboxylic acids is 2. The molecule has 0 saturated carbocycles. The molecule has 1 aliphatic heterocycles. The predicted octanol–water partition coefficient (Wildman–Crippen LogP) is 1.58. The van der Waals surface area contributed by atoms with Crippen molar-refractivity contribution in [2.45, 2.75) is 37.2 Å². The van der Waals surface area contributed by atoms with Crippen molar-refractivity contribution in [1.82, 2.24) is 14.9 Å². The smallest absolute Gasteiger partial charge is 0.309 e. The summed E-state index contributed by atoms with van der Waals surface area (Å²) in [4.78, 5) is 24.4. The summed E-state index contributed by atoms with van der Waals surface area (Å²) >= 11 is 0. The monoisotopic (exact) mass is 415 g/mol. The van der Waals surface area contributed by atoms with Gasteiger partial charge in [-0.3, -0.25) is 9.59 Å². The molecule has 2 N–H and O–H groups in total. The van der Waals surface area contributed by atoms with Gasteiger partial charge in [0.05, 0.1) is 4.90 Å². The third kappa shape index (κ3) is 5.02. The van der Waals surface area contributed by atoms with Crippen LogP contribution in [0.2, 0.25) is 0 Å². The van der Waals surface area contributed by atoms with Gasteiger partial charge in [0.15, 0.2) is 0 Å². The molecule has 0 radical (unpaired) electrons. The van der Waals surface area contributed by atoms with E-state index in [4.69, 9.17) is 0 Å². The molecule has 0 aliphatic carbocycles. The van der Waals surface area contributed by atoms with E-state index in [-0.39, 0.29) is 24.0 Å². The molecule has 154 valence electrons. The van der Waals surface area contributed by atoms with Crippen molar-refractivity contribution in [2.75, 3.05) is 13.1 Å². The minimum atomic E-state index is -3.63. The van der Waals surface area contributed by atoms with E-state index in [1.807, 2.05) is 31.2 Å². The number of hydrogen-bond acceptors (Lipinski definition) is 4. The van der Waals surface area contributed by atoms with E-state index in [1.165, 1.54) is 4.31 Å². The van der Waals surface area contributed by atoms with Crippen LogP contribution in [0.4, 0.5) is 0 Å². The van der Waals surface area contributed by atoms with E-state index in [0.29, 0.717) is 19.4 Å². The highest BCUT2D eigenvalue weighted by Gasteiger charge is 2.35. The second-order valence-electron chi connectivity index (χ2n) is 7.04. The van der Waals surface area contributed by atoms with Crippen molar-refractivity contribution in [2.24, 2.45) is 0 Å². The number of nitrogens with zero attached hydrogens (tertiary/aromatic N) is 1. The van der Waals surface area contributed by atoms with Crippen molar-refractivity contribution in [3.63, 3.8) is 0 Å². The maximum absolute atomic E-state index is 12.8. The van der Waals surface area contributed by atoms with E-state index >= 15 is 0 Å². The van der Waals surface area contributed by atoms with Gasteiger partial charge >= 0.3 is 11.8 Å². The highest BCUT2D eigenvalue weighted by molar-refractivity contribution is 7.89. The Morgan fingerprint density at radius 2 is 1.66 bits per heavy atom. The second kappa shape index (κ2) is 9.19. The minimum Gasteiger partial charge on any atom is -0.346 e. The normalized spacial score (nSPS) is 17.1. The Balaban J connectivity index is 1.55. The first-order chi connectivity index (χ1) is 13.9. The lowest BCUT2D eigenvalue weighted by Gasteiger charge is -2.24. The quantitative estimate of drug-likeness (QED) is 0.701. The fourth-order valence-electron chi connectivity index (χ4n) is 3.41. The number of nitrogens with one attached hydrogen (secondary N) is 2. The number of hydrogen-bond donors (Lipinski definition) is 2. The fourth-order valence-corrected chi connectivity index (χ4v) is 5.13. The van der Waals surface area contributed by atoms with Gasteiger partial charge in [0.2, 0.25) is 10.0 Å². The molecule has 0 bridgehead atoms. The van der Waals surface area contributed by atoms with E-state index in [1.54, 1.807) is 30.3 Å². The Labute approximate surface area is 171 Å². The van der Waals surface area contributed by atoms with Crippen LogP contribution in [0.1, 0.15) is 24.0 Å². The molecule has 1 fully saturated rings. The molecule has 3 rings (SSSR count). The van der Waals surface area contributed by atoms with Gasteiger partial charge in [-0.1, -0.05) is 42.5 Å². The fraction of sp³-hybridized carbons (Fsp3) is 0.333. The average Bonchev–Trinajstić information content (AvgIpc) is 3.21. The number of aryl methyl sites for hydroxylation is 1. The Morgan fingerprint density at radius 3 is 2.38 bits per heavy atom. The van der Waals surface area contributed by atoms with Crippen LogP contribution < -0.4 is 10.6 Å². The molecule has 7 nitrogen and oxygen atoms in total. The van der Waals surface area contributed by atoms with Crippen molar-refractivity contribution in [1.29, 1.82) is 0 Å². The lowest BCUT2D eigenvalue weighted by atomic mass is 10.1. The highest BCUT2D eigenvalue weighted by atomic mass is 32.2. The SMILES string of the molecule is Cc1ccccc1CNC(=O)C(=O)NCC1CCCN1S(=O)(=O)c1ccccc1.